The molecule has 0 bridgehead atoms. The van der Waals surface area contributed by atoms with E-state index in [2.05, 4.69) is 26.2 Å². The zero-order valence-corrected chi connectivity index (χ0v) is 14.4. The van der Waals surface area contributed by atoms with Crippen LogP contribution < -0.4 is 5.32 Å². The molecule has 1 amide bonds. The number of aromatic nitrogens is 1. The van der Waals surface area contributed by atoms with Gasteiger partial charge in [0.1, 0.15) is 0 Å². The van der Waals surface area contributed by atoms with Crippen LogP contribution in [0.3, 0.4) is 0 Å². The Balaban J connectivity index is 2.19. The third-order valence-electron chi connectivity index (χ3n) is 3.12. The van der Waals surface area contributed by atoms with Crippen LogP contribution in [0.25, 0.3) is 0 Å². The van der Waals surface area contributed by atoms with Crippen LogP contribution in [0.2, 0.25) is 0 Å². The highest BCUT2D eigenvalue weighted by Gasteiger charge is 2.17. The van der Waals surface area contributed by atoms with Crippen molar-refractivity contribution in [1.82, 2.24) is 10.3 Å². The molecule has 0 aliphatic heterocycles. The third-order valence-corrected chi connectivity index (χ3v) is 4.87. The Labute approximate surface area is 131 Å². The van der Waals surface area contributed by atoms with Crippen LogP contribution in [-0.2, 0) is 0 Å². The molecule has 106 valence electrons. The number of hydrogen-bond donors (Lipinski definition) is 1. The summed E-state index contributed by atoms with van der Waals surface area (Å²) in [5.74, 6) is -0.0539. The quantitative estimate of drug-likeness (QED) is 0.893. The predicted octanol–water partition coefficient (Wildman–Crippen LogP) is 4.32. The number of thiazole rings is 1. The van der Waals surface area contributed by atoms with E-state index in [1.807, 2.05) is 45.9 Å². The molecule has 0 aliphatic rings. The fourth-order valence-electron chi connectivity index (χ4n) is 2.13. The Morgan fingerprint density at radius 1 is 1.35 bits per heavy atom. The van der Waals surface area contributed by atoms with E-state index in [0.717, 1.165) is 25.6 Å². The van der Waals surface area contributed by atoms with Gasteiger partial charge in [-0.25, -0.2) is 4.98 Å². The topological polar surface area (TPSA) is 42.0 Å². The molecule has 1 aromatic heterocycles. The minimum absolute atomic E-state index is 0.0351. The molecule has 1 heterocycles. The van der Waals surface area contributed by atoms with Crippen LogP contribution in [0.5, 0.6) is 0 Å². The number of nitrogens with one attached hydrogen (secondary N) is 1. The molecule has 1 unspecified atom stereocenters. The molecule has 1 atom stereocenters. The smallest absolute Gasteiger partial charge is 0.252 e. The predicted molar refractivity (Wildman–Crippen MR) is 86.3 cm³/mol. The number of carbonyl (C=O) groups excluding carboxylic acids is 1. The molecule has 5 heteroatoms. The summed E-state index contributed by atoms with van der Waals surface area (Å²) < 4.78 is 0.908. The van der Waals surface area contributed by atoms with E-state index in [0.29, 0.717) is 5.56 Å². The van der Waals surface area contributed by atoms with Crippen LogP contribution in [0.15, 0.2) is 22.7 Å². The van der Waals surface area contributed by atoms with Crippen LogP contribution in [0.4, 0.5) is 0 Å². The fourth-order valence-corrected chi connectivity index (χ4v) is 3.42. The monoisotopic (exact) mass is 352 g/mol. The van der Waals surface area contributed by atoms with Gasteiger partial charge in [0.15, 0.2) is 0 Å². The lowest BCUT2D eigenvalue weighted by atomic mass is 10.1. The first-order chi connectivity index (χ1) is 9.38. The molecular weight excluding hydrogens is 336 g/mol. The van der Waals surface area contributed by atoms with Gasteiger partial charge >= 0.3 is 0 Å². The van der Waals surface area contributed by atoms with Crippen molar-refractivity contribution in [3.8, 4) is 0 Å². The number of halogens is 1. The highest BCUT2D eigenvalue weighted by atomic mass is 79.9. The second-order valence-corrected chi connectivity index (χ2v) is 6.99. The first kappa shape index (κ1) is 15.2. The maximum Gasteiger partial charge on any atom is 0.252 e. The average Bonchev–Trinajstić information content (AvgIpc) is 2.71. The Morgan fingerprint density at radius 2 is 2.05 bits per heavy atom. The van der Waals surface area contributed by atoms with Gasteiger partial charge in [0.2, 0.25) is 0 Å². The molecule has 0 fully saturated rings. The van der Waals surface area contributed by atoms with E-state index in [9.17, 15) is 4.79 Å². The summed E-state index contributed by atoms with van der Waals surface area (Å²) >= 11 is 5.03. The van der Waals surface area contributed by atoms with Crippen LogP contribution in [-0.4, -0.2) is 10.9 Å². The van der Waals surface area contributed by atoms with Gasteiger partial charge in [-0.15, -0.1) is 11.3 Å². The van der Waals surface area contributed by atoms with E-state index in [1.165, 1.54) is 0 Å². The minimum Gasteiger partial charge on any atom is -0.345 e. The molecule has 20 heavy (non-hydrogen) atoms. The number of aryl methyl sites for hydroxylation is 3. The average molecular weight is 353 g/mol. The first-order valence-electron chi connectivity index (χ1n) is 6.39. The number of rotatable bonds is 3. The van der Waals surface area contributed by atoms with Gasteiger partial charge in [-0.3, -0.25) is 4.79 Å². The number of nitrogens with zero attached hydrogens (tertiary/aromatic N) is 1. The molecule has 1 N–H and O–H groups in total. The van der Waals surface area contributed by atoms with Gasteiger partial charge in [0.05, 0.1) is 16.7 Å². The highest BCUT2D eigenvalue weighted by Crippen LogP contribution is 2.25. The van der Waals surface area contributed by atoms with Crippen LogP contribution in [0.1, 0.15) is 44.5 Å². The van der Waals surface area contributed by atoms with Crippen molar-refractivity contribution in [2.24, 2.45) is 0 Å². The number of carbonyl (C=O) groups is 1. The van der Waals surface area contributed by atoms with Gasteiger partial charge in [0, 0.05) is 14.9 Å². The van der Waals surface area contributed by atoms with Crippen molar-refractivity contribution >= 4 is 33.2 Å². The molecular formula is C15H17BrN2OS. The van der Waals surface area contributed by atoms with Gasteiger partial charge in [-0.05, 0) is 45.4 Å². The zero-order valence-electron chi connectivity index (χ0n) is 12.0. The van der Waals surface area contributed by atoms with Gasteiger partial charge in [-0.1, -0.05) is 22.0 Å². The molecule has 0 aliphatic carbocycles. The van der Waals surface area contributed by atoms with Crippen molar-refractivity contribution in [3.05, 3.63) is 49.4 Å². The maximum atomic E-state index is 12.4. The summed E-state index contributed by atoms with van der Waals surface area (Å²) in [5, 5.41) is 4.07. The van der Waals surface area contributed by atoms with Gasteiger partial charge < -0.3 is 5.32 Å². The van der Waals surface area contributed by atoms with E-state index >= 15 is 0 Å². The van der Waals surface area contributed by atoms with E-state index in [4.69, 9.17) is 0 Å². The molecule has 0 radical (unpaired) electrons. The Morgan fingerprint density at radius 3 is 2.65 bits per heavy atom. The summed E-state index contributed by atoms with van der Waals surface area (Å²) in [7, 11) is 0. The van der Waals surface area contributed by atoms with Crippen LogP contribution in [0, 0.1) is 20.8 Å². The Hall–Kier alpha value is -1.20. The van der Waals surface area contributed by atoms with Crippen molar-refractivity contribution in [2.45, 2.75) is 33.7 Å². The van der Waals surface area contributed by atoms with Crippen molar-refractivity contribution in [3.63, 3.8) is 0 Å². The van der Waals surface area contributed by atoms with Crippen LogP contribution >= 0.6 is 27.3 Å². The minimum atomic E-state index is -0.0539. The summed E-state index contributed by atoms with van der Waals surface area (Å²) in [6.07, 6.45) is 0. The summed E-state index contributed by atoms with van der Waals surface area (Å²) in [4.78, 5) is 17.9. The highest BCUT2D eigenvalue weighted by molar-refractivity contribution is 9.10. The van der Waals surface area contributed by atoms with Crippen molar-refractivity contribution in [1.29, 1.82) is 0 Å². The number of amides is 1. The van der Waals surface area contributed by atoms with Gasteiger partial charge in [0.25, 0.3) is 5.91 Å². The number of hydrogen-bond acceptors (Lipinski definition) is 3. The third kappa shape index (κ3) is 3.27. The van der Waals surface area contributed by atoms with E-state index in [1.54, 1.807) is 11.3 Å². The maximum absolute atomic E-state index is 12.4. The van der Waals surface area contributed by atoms with Gasteiger partial charge in [-0.2, -0.15) is 0 Å². The first-order valence-corrected chi connectivity index (χ1v) is 8.00. The normalized spacial score (nSPS) is 12.2. The molecule has 0 saturated heterocycles. The van der Waals surface area contributed by atoms with Crippen molar-refractivity contribution < 1.29 is 4.79 Å². The lowest BCUT2D eigenvalue weighted by Crippen LogP contribution is -2.27. The lowest BCUT2D eigenvalue weighted by Gasteiger charge is -2.14. The molecule has 1 aromatic carbocycles. The Bertz CT molecular complexity index is 651. The fraction of sp³-hybridized carbons (Fsp3) is 0.333. The van der Waals surface area contributed by atoms with E-state index in [-0.39, 0.29) is 11.9 Å². The lowest BCUT2D eigenvalue weighted by molar-refractivity contribution is 0.0939. The summed E-state index contributed by atoms with van der Waals surface area (Å²) in [5.41, 5.74) is 2.66. The second-order valence-electron chi connectivity index (χ2n) is 4.84. The summed E-state index contributed by atoms with van der Waals surface area (Å²) in [6.45, 7) is 7.89. The molecule has 3 nitrogen and oxygen atoms in total. The molecule has 0 spiro atoms. The Kier molecular flexibility index (Phi) is 4.60. The standard InChI is InChI=1S/C15H17BrN2OS/c1-8-5-6-12(16)7-13(8)15(19)18-10(3)14-9(2)17-11(4)20-14/h5-7,10H,1-4H3,(H,18,19). The summed E-state index contributed by atoms with van der Waals surface area (Å²) in [6, 6.07) is 5.69. The largest absolute Gasteiger partial charge is 0.345 e. The number of benzene rings is 1. The van der Waals surface area contributed by atoms with Crippen molar-refractivity contribution in [2.75, 3.05) is 0 Å². The SMILES string of the molecule is Cc1nc(C)c(C(C)NC(=O)c2cc(Br)ccc2C)s1. The molecule has 2 rings (SSSR count). The molecule has 0 saturated carbocycles. The zero-order chi connectivity index (χ0) is 14.9. The van der Waals surface area contributed by atoms with E-state index < -0.39 is 0 Å². The second kappa shape index (κ2) is 6.06. The molecule has 2 aromatic rings.